The lowest BCUT2D eigenvalue weighted by atomic mass is 10.1. The van der Waals surface area contributed by atoms with Crippen LogP contribution in [0.15, 0.2) is 71.1 Å². The van der Waals surface area contributed by atoms with Crippen molar-refractivity contribution in [1.29, 1.82) is 0 Å². The molecule has 0 bridgehead atoms. The molecule has 1 aromatic heterocycles. The summed E-state index contributed by atoms with van der Waals surface area (Å²) in [5.74, 6) is -1.71. The highest BCUT2D eigenvalue weighted by Crippen LogP contribution is 2.36. The Morgan fingerprint density at radius 3 is 2.60 bits per heavy atom. The summed E-state index contributed by atoms with van der Waals surface area (Å²) in [7, 11) is 0. The Bertz CT molecular complexity index is 1460. The van der Waals surface area contributed by atoms with E-state index < -0.39 is 23.5 Å². The minimum atomic E-state index is -0.744. The fourth-order valence-corrected chi connectivity index (χ4v) is 4.11. The molecular weight excluding hydrogens is 453 g/mol. The van der Waals surface area contributed by atoms with Crippen molar-refractivity contribution in [2.24, 2.45) is 0 Å². The van der Waals surface area contributed by atoms with Gasteiger partial charge >= 0.3 is 5.97 Å². The summed E-state index contributed by atoms with van der Waals surface area (Å²) < 4.78 is 30.6. The normalized spacial score (nSPS) is 12.8. The highest BCUT2D eigenvalue weighted by molar-refractivity contribution is 6.52. The summed E-state index contributed by atoms with van der Waals surface area (Å²) in [6.45, 7) is 2.10. The van der Waals surface area contributed by atoms with E-state index >= 15 is 0 Å². The van der Waals surface area contributed by atoms with Gasteiger partial charge in [0, 0.05) is 10.9 Å². The van der Waals surface area contributed by atoms with E-state index in [1.807, 2.05) is 30.3 Å². The van der Waals surface area contributed by atoms with Crippen molar-refractivity contribution in [3.8, 4) is 17.1 Å². The van der Waals surface area contributed by atoms with Crippen LogP contribution in [0.1, 0.15) is 27.6 Å². The van der Waals surface area contributed by atoms with Crippen LogP contribution in [0.2, 0.25) is 0 Å². The standard InChI is InChI=1S/C27H20FNO6/c1-2-33-27(32)23-20-15-18(9-11-22(20)35-25(23)16-6-4-3-5-7-16)34-13-12-29-21-10-8-17(28)14-19(21)24(30)26(29)31/h3-11,14-15H,2,12-13H2,1H3. The van der Waals surface area contributed by atoms with E-state index in [-0.39, 0.29) is 25.3 Å². The van der Waals surface area contributed by atoms with Crippen LogP contribution in [0, 0.1) is 5.82 Å². The molecule has 0 spiro atoms. The summed E-state index contributed by atoms with van der Waals surface area (Å²) in [5.41, 5.74) is 1.93. The average Bonchev–Trinajstić information content (AvgIpc) is 3.35. The van der Waals surface area contributed by atoms with Crippen LogP contribution in [-0.2, 0) is 9.53 Å². The molecule has 7 nitrogen and oxygen atoms in total. The van der Waals surface area contributed by atoms with Crippen LogP contribution in [0.3, 0.4) is 0 Å². The summed E-state index contributed by atoms with van der Waals surface area (Å²) in [6.07, 6.45) is 0. The van der Waals surface area contributed by atoms with Gasteiger partial charge in [0.25, 0.3) is 11.7 Å². The van der Waals surface area contributed by atoms with E-state index in [9.17, 15) is 18.8 Å². The van der Waals surface area contributed by atoms with E-state index in [4.69, 9.17) is 13.9 Å². The molecule has 0 saturated heterocycles. The number of esters is 1. The molecule has 4 aromatic rings. The third-order valence-electron chi connectivity index (χ3n) is 5.69. The predicted molar refractivity (Wildman–Crippen MR) is 126 cm³/mol. The first-order valence-electron chi connectivity index (χ1n) is 11.1. The van der Waals surface area contributed by atoms with Crippen molar-refractivity contribution in [2.45, 2.75) is 6.92 Å². The van der Waals surface area contributed by atoms with E-state index in [0.717, 1.165) is 11.6 Å². The van der Waals surface area contributed by atoms with Crippen LogP contribution in [-0.4, -0.2) is 37.4 Å². The highest BCUT2D eigenvalue weighted by atomic mass is 19.1. The molecule has 0 radical (unpaired) electrons. The predicted octanol–water partition coefficient (Wildman–Crippen LogP) is 5.02. The number of hydrogen-bond acceptors (Lipinski definition) is 6. The molecule has 2 heterocycles. The van der Waals surface area contributed by atoms with Gasteiger partial charge in [0.15, 0.2) is 0 Å². The number of carbonyl (C=O) groups is 3. The Labute approximate surface area is 199 Å². The minimum Gasteiger partial charge on any atom is -0.492 e. The average molecular weight is 473 g/mol. The monoisotopic (exact) mass is 473 g/mol. The second-order valence-corrected chi connectivity index (χ2v) is 7.85. The number of ketones is 1. The summed E-state index contributed by atoms with van der Waals surface area (Å²) in [5, 5.41) is 0.535. The Morgan fingerprint density at radius 2 is 1.83 bits per heavy atom. The molecule has 1 aliphatic rings. The summed E-state index contributed by atoms with van der Waals surface area (Å²) >= 11 is 0. The smallest absolute Gasteiger partial charge is 0.342 e. The first kappa shape index (κ1) is 22.3. The molecule has 0 N–H and O–H groups in total. The third kappa shape index (κ3) is 4.03. The van der Waals surface area contributed by atoms with Crippen molar-refractivity contribution in [1.82, 2.24) is 0 Å². The topological polar surface area (TPSA) is 86.1 Å². The van der Waals surface area contributed by atoms with Crippen LogP contribution in [0.4, 0.5) is 10.1 Å². The fourth-order valence-electron chi connectivity index (χ4n) is 4.11. The zero-order chi connectivity index (χ0) is 24.5. The number of hydrogen-bond donors (Lipinski definition) is 0. The lowest BCUT2D eigenvalue weighted by Crippen LogP contribution is -2.33. The van der Waals surface area contributed by atoms with Crippen LogP contribution < -0.4 is 9.64 Å². The lowest BCUT2D eigenvalue weighted by Gasteiger charge is -2.16. The number of anilines is 1. The summed E-state index contributed by atoms with van der Waals surface area (Å²) in [4.78, 5) is 38.6. The van der Waals surface area contributed by atoms with Gasteiger partial charge < -0.3 is 18.8 Å². The van der Waals surface area contributed by atoms with Crippen molar-refractivity contribution in [3.05, 3.63) is 83.7 Å². The number of fused-ring (bicyclic) bond motifs is 2. The SMILES string of the molecule is CCOC(=O)c1c(-c2ccccc2)oc2ccc(OCCN3C(=O)C(=O)c4cc(F)ccc43)cc12. The van der Waals surface area contributed by atoms with E-state index in [1.54, 1.807) is 25.1 Å². The molecule has 8 heteroatoms. The molecule has 0 unspecified atom stereocenters. The number of carbonyl (C=O) groups excluding carboxylic acids is 3. The first-order valence-corrected chi connectivity index (χ1v) is 11.1. The Morgan fingerprint density at radius 1 is 1.03 bits per heavy atom. The van der Waals surface area contributed by atoms with Gasteiger partial charge in [0.05, 0.1) is 24.4 Å². The fraction of sp³-hybridized carbons (Fsp3) is 0.148. The molecule has 176 valence electrons. The Hall–Kier alpha value is -4.46. The number of amides is 1. The van der Waals surface area contributed by atoms with Crippen LogP contribution in [0.5, 0.6) is 5.75 Å². The van der Waals surface area contributed by atoms with Crippen LogP contribution in [0.25, 0.3) is 22.3 Å². The van der Waals surface area contributed by atoms with Crippen molar-refractivity contribution in [2.75, 3.05) is 24.7 Å². The maximum atomic E-state index is 13.5. The zero-order valence-electron chi connectivity index (χ0n) is 18.7. The lowest BCUT2D eigenvalue weighted by molar-refractivity contribution is -0.114. The highest BCUT2D eigenvalue weighted by Gasteiger charge is 2.35. The van der Waals surface area contributed by atoms with Crippen molar-refractivity contribution < 1.29 is 32.7 Å². The number of halogens is 1. The Balaban J connectivity index is 1.40. The van der Waals surface area contributed by atoms with Crippen LogP contribution >= 0.6 is 0 Å². The molecule has 0 saturated carbocycles. The minimum absolute atomic E-state index is 0.0438. The number of ether oxygens (including phenoxy) is 2. The largest absolute Gasteiger partial charge is 0.492 e. The molecule has 1 amide bonds. The molecule has 35 heavy (non-hydrogen) atoms. The first-order chi connectivity index (χ1) is 17.0. The quantitative estimate of drug-likeness (QED) is 0.277. The van der Waals surface area contributed by atoms with Crippen molar-refractivity contribution in [3.63, 3.8) is 0 Å². The number of nitrogens with zero attached hydrogens (tertiary/aromatic N) is 1. The van der Waals surface area contributed by atoms with Crippen molar-refractivity contribution >= 4 is 34.3 Å². The van der Waals surface area contributed by atoms with Gasteiger partial charge in [0.1, 0.15) is 35.1 Å². The summed E-state index contributed by atoms with van der Waals surface area (Å²) in [6, 6.07) is 18.0. The van der Waals surface area contributed by atoms with E-state index in [2.05, 4.69) is 0 Å². The van der Waals surface area contributed by atoms with E-state index in [1.165, 1.54) is 17.0 Å². The van der Waals surface area contributed by atoms with Gasteiger partial charge in [-0.05, 0) is 43.3 Å². The molecule has 0 aliphatic carbocycles. The molecule has 1 aliphatic heterocycles. The molecule has 5 rings (SSSR count). The molecular formula is C27H20FNO6. The van der Waals surface area contributed by atoms with E-state index in [0.29, 0.717) is 33.7 Å². The van der Waals surface area contributed by atoms with Gasteiger partial charge in [0.2, 0.25) is 0 Å². The number of Topliss-reactive ketones (excluding diaryl/α,β-unsaturated/α-hetero) is 1. The maximum Gasteiger partial charge on any atom is 0.342 e. The molecule has 3 aromatic carbocycles. The third-order valence-corrected chi connectivity index (χ3v) is 5.69. The van der Waals surface area contributed by atoms with Gasteiger partial charge in [-0.25, -0.2) is 9.18 Å². The van der Waals surface area contributed by atoms with Gasteiger partial charge in [-0.2, -0.15) is 0 Å². The maximum absolute atomic E-state index is 13.5. The second-order valence-electron chi connectivity index (χ2n) is 7.85. The zero-order valence-corrected chi connectivity index (χ0v) is 18.7. The number of furan rings is 1. The Kier molecular flexibility index (Phi) is 5.78. The second kappa shape index (κ2) is 9.06. The molecule has 0 atom stereocenters. The number of benzene rings is 3. The van der Waals surface area contributed by atoms with Gasteiger partial charge in [-0.15, -0.1) is 0 Å². The van der Waals surface area contributed by atoms with Gasteiger partial charge in [-0.3, -0.25) is 9.59 Å². The number of rotatable bonds is 7. The van der Waals surface area contributed by atoms with Gasteiger partial charge in [-0.1, -0.05) is 30.3 Å². The molecule has 0 fully saturated rings.